The van der Waals surface area contributed by atoms with Gasteiger partial charge in [-0.05, 0) is 189 Å². The molecule has 15 aromatic carbocycles. The fourth-order valence-electron chi connectivity index (χ4n) is 18.8. The molecular weight excluding hydrogens is 1210 g/mol. The first-order chi connectivity index (χ1) is 49.7. The van der Waals surface area contributed by atoms with Gasteiger partial charge in [-0.2, -0.15) is 0 Å². The van der Waals surface area contributed by atoms with Crippen LogP contribution >= 0.6 is 0 Å². The predicted octanol–water partition coefficient (Wildman–Crippen LogP) is 17.1. The molecular formula is C90H56B3N7. The Bertz CT molecular complexity index is 6290. The van der Waals surface area contributed by atoms with Crippen LogP contribution < -0.4 is 78.6 Å². The lowest BCUT2D eigenvalue weighted by molar-refractivity contribution is 1.25. The van der Waals surface area contributed by atoms with Crippen LogP contribution in [0.5, 0.6) is 0 Å². The minimum Gasteiger partial charge on any atom is -0.311 e. The predicted molar refractivity (Wildman–Crippen MR) is 423 cm³/mol. The summed E-state index contributed by atoms with van der Waals surface area (Å²) >= 11 is 0. The van der Waals surface area contributed by atoms with Crippen molar-refractivity contribution in [1.29, 1.82) is 0 Å². The fourth-order valence-corrected chi connectivity index (χ4v) is 18.8. The van der Waals surface area contributed by atoms with Crippen molar-refractivity contribution >= 4 is 210 Å². The number of nitrogens with zero attached hydrogens (tertiary/aromatic N) is 7. The van der Waals surface area contributed by atoms with E-state index in [0.29, 0.717) is 0 Å². The van der Waals surface area contributed by atoms with Crippen LogP contribution in [-0.2, 0) is 0 Å². The van der Waals surface area contributed by atoms with E-state index in [0.717, 1.165) is 39.6 Å². The van der Waals surface area contributed by atoms with Crippen LogP contribution in [0.3, 0.4) is 0 Å². The highest BCUT2D eigenvalue weighted by molar-refractivity contribution is 7.02. The molecule has 0 N–H and O–H groups in total. The summed E-state index contributed by atoms with van der Waals surface area (Å²) in [5.41, 5.74) is 36.1. The second kappa shape index (κ2) is 20.3. The van der Waals surface area contributed by atoms with Crippen LogP contribution in [-0.4, -0.2) is 24.5 Å². The third kappa shape index (κ3) is 7.15. The summed E-state index contributed by atoms with van der Waals surface area (Å²) in [4.78, 5) is 15.3. The van der Waals surface area contributed by atoms with E-state index in [4.69, 9.17) is 0 Å². The highest BCUT2D eigenvalue weighted by Crippen LogP contribution is 2.54. The minimum atomic E-state index is -0.134. The first kappa shape index (κ1) is 54.2. The van der Waals surface area contributed by atoms with E-state index >= 15 is 0 Å². The zero-order chi connectivity index (χ0) is 65.0. The summed E-state index contributed by atoms with van der Waals surface area (Å²) in [6.07, 6.45) is 0. The van der Waals surface area contributed by atoms with E-state index < -0.39 is 0 Å². The van der Waals surface area contributed by atoms with Crippen LogP contribution in [0.25, 0.3) is 38.1 Å². The summed E-state index contributed by atoms with van der Waals surface area (Å²) in [7, 11) is 0. The quantitative estimate of drug-likeness (QED) is 0.154. The normalized spacial score (nSPS) is 14.0. The first-order valence-corrected chi connectivity index (χ1v) is 34.9. The average molecular weight is 1270 g/mol. The number of fused-ring (bicyclic) bond motifs is 19. The molecule has 0 saturated carbocycles. The van der Waals surface area contributed by atoms with Crippen LogP contribution in [0.1, 0.15) is 0 Å². The van der Waals surface area contributed by atoms with Gasteiger partial charge < -0.3 is 33.8 Å². The molecule has 100 heavy (non-hydrogen) atoms. The molecule has 0 radical (unpaired) electrons. The van der Waals surface area contributed by atoms with E-state index in [9.17, 15) is 0 Å². The van der Waals surface area contributed by atoms with Gasteiger partial charge in [0.15, 0.2) is 0 Å². The second-order valence-corrected chi connectivity index (χ2v) is 27.4. The van der Waals surface area contributed by atoms with Crippen LogP contribution in [0, 0.1) is 0 Å². The molecule has 8 heterocycles. The van der Waals surface area contributed by atoms with Crippen molar-refractivity contribution < 1.29 is 0 Å². The topological polar surface area (TPSA) is 23.9 Å². The summed E-state index contributed by atoms with van der Waals surface area (Å²) in [5, 5.41) is 4.94. The maximum absolute atomic E-state index is 2.69. The number of hydrogen-bond donors (Lipinski definition) is 0. The van der Waals surface area contributed by atoms with Gasteiger partial charge in [0.05, 0.1) is 22.2 Å². The van der Waals surface area contributed by atoms with Crippen LogP contribution in [0.4, 0.5) is 102 Å². The van der Waals surface area contributed by atoms with Gasteiger partial charge in [-0.15, -0.1) is 0 Å². The van der Waals surface area contributed by atoms with Gasteiger partial charge in [0, 0.05) is 118 Å². The molecule has 0 unspecified atom stereocenters. The van der Waals surface area contributed by atoms with Crippen molar-refractivity contribution in [1.82, 2.24) is 4.40 Å². The molecule has 7 nitrogen and oxygen atoms in total. The van der Waals surface area contributed by atoms with Crippen LogP contribution in [0.15, 0.2) is 340 Å². The fraction of sp³-hybridized carbons (Fsp3) is 0. The molecule has 460 valence electrons. The standard InChI is InChI=1S/C90H56B3N7/c1-7-28-57(29-8-1)94-72-43-22-19-40-66(72)91-69-52-63-64-53-71-90(99(62-38-17-6-18-39-62)80-51-27-48-77-88(80)93(71)68-42-21-24-45-74(68)96(77)59-32-11-3-12-33-59)85-65-54-70-84(56-82(65)100(89(64)85)81(63)55-83(69)97(60-34-13-4-14-35-60)78-49-25-46-75(94)86(78)91)98(61-36-15-5-16-37-61)79-50-26-47-76-87(79)92(70)67-41-20-23-44-73(67)95(76)58-30-9-2-10-31-58/h1-56H. The Morgan fingerprint density at radius 3 is 0.830 bits per heavy atom. The number of benzene rings is 15. The zero-order valence-electron chi connectivity index (χ0n) is 54.2. The Morgan fingerprint density at radius 2 is 0.460 bits per heavy atom. The van der Waals surface area contributed by atoms with Gasteiger partial charge in [0.2, 0.25) is 0 Å². The van der Waals surface area contributed by atoms with Crippen molar-refractivity contribution in [3.05, 3.63) is 340 Å². The van der Waals surface area contributed by atoms with Crippen molar-refractivity contribution in [3.63, 3.8) is 0 Å². The van der Waals surface area contributed by atoms with Gasteiger partial charge in [0.25, 0.3) is 20.1 Å². The number of aromatic nitrogens is 1. The third-order valence-electron chi connectivity index (χ3n) is 22.5. The van der Waals surface area contributed by atoms with E-state index in [-0.39, 0.29) is 20.1 Å². The summed E-state index contributed by atoms with van der Waals surface area (Å²) in [5.74, 6) is 0. The lowest BCUT2D eigenvalue weighted by Crippen LogP contribution is -2.61. The van der Waals surface area contributed by atoms with Crippen molar-refractivity contribution in [2.45, 2.75) is 0 Å². The Labute approximate surface area is 579 Å². The third-order valence-corrected chi connectivity index (χ3v) is 22.5. The van der Waals surface area contributed by atoms with Crippen molar-refractivity contribution in [2.24, 2.45) is 0 Å². The molecule has 23 rings (SSSR count). The molecule has 0 amide bonds. The number of rotatable bonds is 6. The van der Waals surface area contributed by atoms with Gasteiger partial charge >= 0.3 is 0 Å². The summed E-state index contributed by atoms with van der Waals surface area (Å²) in [6, 6.07) is 128. The van der Waals surface area contributed by atoms with Gasteiger partial charge in [-0.3, -0.25) is 0 Å². The monoisotopic (exact) mass is 1270 g/mol. The number of hydrogen-bond acceptors (Lipinski definition) is 6. The molecule has 6 aliphatic rings. The molecule has 0 bridgehead atoms. The van der Waals surface area contributed by atoms with Crippen molar-refractivity contribution in [3.8, 4) is 0 Å². The smallest absolute Gasteiger partial charge is 0.252 e. The Balaban J connectivity index is 0.890. The molecule has 17 aromatic rings. The number of anilines is 18. The average Bonchev–Trinajstić information content (AvgIpc) is 1.41. The molecule has 10 heteroatoms. The largest absolute Gasteiger partial charge is 0.311 e. The first-order valence-electron chi connectivity index (χ1n) is 34.9. The van der Waals surface area contributed by atoms with Gasteiger partial charge in [-0.1, -0.05) is 200 Å². The molecule has 0 aliphatic carbocycles. The second-order valence-electron chi connectivity index (χ2n) is 27.4. The highest BCUT2D eigenvalue weighted by atomic mass is 15.2. The highest BCUT2D eigenvalue weighted by Gasteiger charge is 2.49. The zero-order valence-corrected chi connectivity index (χ0v) is 54.2. The maximum atomic E-state index is 2.69. The molecule has 0 fully saturated rings. The molecule has 2 aromatic heterocycles. The van der Waals surface area contributed by atoms with Crippen molar-refractivity contribution in [2.75, 3.05) is 29.4 Å². The lowest BCUT2D eigenvalue weighted by atomic mass is 9.33. The minimum absolute atomic E-state index is 0.0859. The molecule has 0 atom stereocenters. The lowest BCUT2D eigenvalue weighted by Gasteiger charge is -2.44. The Kier molecular flexibility index (Phi) is 11.0. The summed E-state index contributed by atoms with van der Waals surface area (Å²) in [6.45, 7) is -0.327. The van der Waals surface area contributed by atoms with Gasteiger partial charge in [-0.25, -0.2) is 0 Å². The molecule has 6 aliphatic heterocycles. The van der Waals surface area contributed by atoms with E-state index in [1.54, 1.807) is 0 Å². The van der Waals surface area contributed by atoms with Gasteiger partial charge in [0.1, 0.15) is 0 Å². The Hall–Kier alpha value is -12.9. The maximum Gasteiger partial charge on any atom is 0.252 e. The Morgan fingerprint density at radius 1 is 0.190 bits per heavy atom. The van der Waals surface area contributed by atoms with Crippen LogP contribution in [0.2, 0.25) is 0 Å². The van der Waals surface area contributed by atoms with E-state index in [1.807, 2.05) is 0 Å². The summed E-state index contributed by atoms with van der Waals surface area (Å²) < 4.78 is 2.69. The van der Waals surface area contributed by atoms with E-state index in [2.05, 4.69) is 374 Å². The molecule has 0 spiro atoms. The SMILES string of the molecule is c1ccc(N2c3ccccc3B3c4cc5c6cc7c(c8c9cc%10c(cc9n(c5cc4N(c4ccccc4)c4cccc2c43)c68)N(c2ccccc2)c2cccc3c2B%10c2ccccc2N3c2ccccc2)N(c2ccccc2)c2cccc3c2B7c2ccccc2N3c2ccccc2)cc1. The van der Waals surface area contributed by atoms with E-state index in [1.165, 1.54) is 150 Å². The number of para-hydroxylation sites is 9. The molecule has 0 saturated heterocycles.